The fraction of sp³-hybridized carbons (Fsp3) is 0.333. The van der Waals surface area contributed by atoms with E-state index >= 15 is 0 Å². The monoisotopic (exact) mass is 357 g/mol. The van der Waals surface area contributed by atoms with Gasteiger partial charge in [0.05, 0.1) is 26.2 Å². The van der Waals surface area contributed by atoms with Crippen molar-refractivity contribution in [1.29, 1.82) is 0 Å². The molecule has 5 nitrogen and oxygen atoms in total. The molecule has 1 heterocycles. The van der Waals surface area contributed by atoms with Gasteiger partial charge in [-0.3, -0.25) is 9.59 Å². The molecular formula is C21H27NO4. The van der Waals surface area contributed by atoms with Crippen LogP contribution in [0, 0.1) is 0 Å². The van der Waals surface area contributed by atoms with E-state index in [9.17, 15) is 9.59 Å². The van der Waals surface area contributed by atoms with E-state index in [0.29, 0.717) is 13.0 Å². The number of benzene rings is 2. The lowest BCUT2D eigenvalue weighted by atomic mass is 10.2. The third-order valence-corrected chi connectivity index (χ3v) is 3.28. The van der Waals surface area contributed by atoms with Crippen LogP contribution in [0.2, 0.25) is 0 Å². The van der Waals surface area contributed by atoms with Crippen LogP contribution in [0.3, 0.4) is 0 Å². The lowest BCUT2D eigenvalue weighted by Gasteiger charge is -2.10. The summed E-state index contributed by atoms with van der Waals surface area (Å²) in [5, 5.41) is 3.16. The van der Waals surface area contributed by atoms with E-state index in [1.165, 1.54) is 0 Å². The maximum Gasteiger partial charge on any atom is 0.310 e. The molecule has 0 spiro atoms. The van der Waals surface area contributed by atoms with Crippen molar-refractivity contribution in [3.63, 3.8) is 0 Å². The van der Waals surface area contributed by atoms with Crippen LogP contribution in [0.5, 0.6) is 0 Å². The molecule has 0 amide bonds. The Balaban J connectivity index is 0.000000208. The van der Waals surface area contributed by atoms with E-state index in [0.717, 1.165) is 43.7 Å². The van der Waals surface area contributed by atoms with Gasteiger partial charge in [-0.05, 0) is 12.5 Å². The summed E-state index contributed by atoms with van der Waals surface area (Å²) in [6, 6.07) is 18.7. The number of nitrogens with one attached hydrogen (secondary N) is 1. The first-order chi connectivity index (χ1) is 12.8. The highest BCUT2D eigenvalue weighted by Crippen LogP contribution is 2.00. The van der Waals surface area contributed by atoms with Gasteiger partial charge in [-0.1, -0.05) is 60.7 Å². The summed E-state index contributed by atoms with van der Waals surface area (Å²) in [6.45, 7) is 6.09. The van der Waals surface area contributed by atoms with Crippen molar-refractivity contribution in [2.45, 2.75) is 13.3 Å². The molecule has 1 saturated heterocycles. The van der Waals surface area contributed by atoms with Gasteiger partial charge in [0.15, 0.2) is 0 Å². The second-order valence-electron chi connectivity index (χ2n) is 5.36. The summed E-state index contributed by atoms with van der Waals surface area (Å²) in [5.74, 6) is -0.163. The van der Waals surface area contributed by atoms with E-state index < -0.39 is 0 Å². The third kappa shape index (κ3) is 11.1. The molecule has 1 aliphatic heterocycles. The van der Waals surface area contributed by atoms with Gasteiger partial charge in [0, 0.05) is 18.7 Å². The molecule has 1 aliphatic rings. The van der Waals surface area contributed by atoms with Crippen LogP contribution in [0.4, 0.5) is 0 Å². The Hall–Kier alpha value is -2.50. The quantitative estimate of drug-likeness (QED) is 0.673. The van der Waals surface area contributed by atoms with Gasteiger partial charge in [0.2, 0.25) is 0 Å². The first-order valence-corrected chi connectivity index (χ1v) is 8.74. The number of aldehydes is 1. The van der Waals surface area contributed by atoms with Gasteiger partial charge in [-0.2, -0.15) is 0 Å². The highest BCUT2D eigenvalue weighted by atomic mass is 16.5. The number of carbonyl (C=O) groups excluding carboxylic acids is 2. The predicted molar refractivity (Wildman–Crippen MR) is 102 cm³/mol. The van der Waals surface area contributed by atoms with Crippen LogP contribution in [0.1, 0.15) is 22.8 Å². The van der Waals surface area contributed by atoms with Crippen molar-refractivity contribution in [1.82, 2.24) is 5.32 Å². The molecule has 0 radical (unpaired) electrons. The van der Waals surface area contributed by atoms with Crippen LogP contribution in [-0.4, -0.2) is 45.2 Å². The molecule has 0 saturated carbocycles. The minimum absolute atomic E-state index is 0.163. The molecule has 0 unspecified atom stereocenters. The Labute approximate surface area is 155 Å². The summed E-state index contributed by atoms with van der Waals surface area (Å²) in [6.07, 6.45) is 1.20. The molecule has 26 heavy (non-hydrogen) atoms. The summed E-state index contributed by atoms with van der Waals surface area (Å²) in [5.41, 5.74) is 1.73. The van der Waals surface area contributed by atoms with Crippen molar-refractivity contribution in [3.8, 4) is 0 Å². The van der Waals surface area contributed by atoms with Crippen molar-refractivity contribution >= 4 is 12.3 Å². The number of carbonyl (C=O) groups is 2. The van der Waals surface area contributed by atoms with Crippen LogP contribution in [0.15, 0.2) is 60.7 Å². The fourth-order valence-electron chi connectivity index (χ4n) is 2.02. The lowest BCUT2D eigenvalue weighted by Crippen LogP contribution is -2.30. The Bertz CT molecular complexity index is 586. The van der Waals surface area contributed by atoms with E-state index in [1.807, 2.05) is 55.5 Å². The standard InChI is InChI=1S/C10H12O2.C7H6O.C4H9NO/c1-2-12-10(11)8-9-6-4-3-5-7-9;8-6-7-4-2-1-3-5-7;1-3-6-4-2-5-1/h3-7H,2,8H2,1H3;1-6H;5H,1-4H2. The second-order valence-corrected chi connectivity index (χ2v) is 5.36. The van der Waals surface area contributed by atoms with Crippen molar-refractivity contribution in [3.05, 3.63) is 71.8 Å². The minimum atomic E-state index is -0.163. The Morgan fingerprint density at radius 3 is 2.00 bits per heavy atom. The van der Waals surface area contributed by atoms with Crippen LogP contribution in [0.25, 0.3) is 0 Å². The van der Waals surface area contributed by atoms with E-state index in [-0.39, 0.29) is 5.97 Å². The summed E-state index contributed by atoms with van der Waals surface area (Å²) in [4.78, 5) is 21.0. The molecule has 0 atom stereocenters. The van der Waals surface area contributed by atoms with Gasteiger partial charge in [-0.25, -0.2) is 0 Å². The lowest BCUT2D eigenvalue weighted by molar-refractivity contribution is -0.142. The highest BCUT2D eigenvalue weighted by molar-refractivity contribution is 5.74. The molecule has 2 aromatic rings. The van der Waals surface area contributed by atoms with Gasteiger partial charge in [0.25, 0.3) is 0 Å². The highest BCUT2D eigenvalue weighted by Gasteiger charge is 2.01. The first kappa shape index (κ1) is 21.5. The molecule has 2 aromatic carbocycles. The average Bonchev–Trinajstić information content (AvgIpc) is 2.72. The molecule has 1 N–H and O–H groups in total. The van der Waals surface area contributed by atoms with Gasteiger partial charge in [0.1, 0.15) is 6.29 Å². The number of hydrogen-bond acceptors (Lipinski definition) is 5. The molecule has 0 aliphatic carbocycles. The number of ether oxygens (including phenoxy) is 2. The molecule has 0 aromatic heterocycles. The maximum absolute atomic E-state index is 11.0. The molecule has 0 bridgehead atoms. The van der Waals surface area contributed by atoms with Gasteiger partial charge < -0.3 is 14.8 Å². The summed E-state index contributed by atoms with van der Waals surface area (Å²) < 4.78 is 9.81. The van der Waals surface area contributed by atoms with Gasteiger partial charge in [-0.15, -0.1) is 0 Å². The Morgan fingerprint density at radius 1 is 1.04 bits per heavy atom. The molecule has 1 fully saturated rings. The van der Waals surface area contributed by atoms with E-state index in [1.54, 1.807) is 12.1 Å². The first-order valence-electron chi connectivity index (χ1n) is 8.74. The molecular weight excluding hydrogens is 330 g/mol. The average molecular weight is 357 g/mol. The normalized spacial score (nSPS) is 12.5. The predicted octanol–water partition coefficient (Wildman–Crippen LogP) is 2.90. The van der Waals surface area contributed by atoms with E-state index in [4.69, 9.17) is 9.47 Å². The van der Waals surface area contributed by atoms with Crippen molar-refractivity contribution in [2.75, 3.05) is 32.9 Å². The number of esters is 1. The second kappa shape index (κ2) is 14.8. The Morgan fingerprint density at radius 2 is 1.62 bits per heavy atom. The Kier molecular flexibility index (Phi) is 12.3. The topological polar surface area (TPSA) is 64.6 Å². The summed E-state index contributed by atoms with van der Waals surface area (Å²) >= 11 is 0. The fourth-order valence-corrected chi connectivity index (χ4v) is 2.02. The number of morpholine rings is 1. The summed E-state index contributed by atoms with van der Waals surface area (Å²) in [7, 11) is 0. The van der Waals surface area contributed by atoms with Crippen molar-refractivity contribution < 1.29 is 19.1 Å². The van der Waals surface area contributed by atoms with Crippen molar-refractivity contribution in [2.24, 2.45) is 0 Å². The van der Waals surface area contributed by atoms with Crippen LogP contribution >= 0.6 is 0 Å². The number of rotatable bonds is 4. The zero-order valence-corrected chi connectivity index (χ0v) is 15.2. The van der Waals surface area contributed by atoms with Crippen LogP contribution < -0.4 is 5.32 Å². The molecule has 5 heteroatoms. The largest absolute Gasteiger partial charge is 0.466 e. The third-order valence-electron chi connectivity index (χ3n) is 3.28. The minimum Gasteiger partial charge on any atom is -0.466 e. The zero-order valence-electron chi connectivity index (χ0n) is 15.2. The van der Waals surface area contributed by atoms with E-state index in [2.05, 4.69) is 5.32 Å². The smallest absolute Gasteiger partial charge is 0.310 e. The SMILES string of the molecule is C1COCCN1.CCOC(=O)Cc1ccccc1.O=Cc1ccccc1. The van der Waals surface area contributed by atoms with Gasteiger partial charge >= 0.3 is 5.97 Å². The number of hydrogen-bond donors (Lipinski definition) is 1. The molecule has 140 valence electrons. The maximum atomic E-state index is 11.0. The van der Waals surface area contributed by atoms with Crippen LogP contribution in [-0.2, 0) is 20.7 Å². The zero-order chi connectivity index (χ0) is 18.9. The molecule has 3 rings (SSSR count).